The number of hydrogen-bond donors (Lipinski definition) is 2. The lowest BCUT2D eigenvalue weighted by atomic mass is 10.1. The number of carbonyl (C=O) groups excluding carboxylic acids is 1. The minimum atomic E-state index is -1.62. The van der Waals surface area contributed by atoms with Crippen molar-refractivity contribution in [2.24, 2.45) is 5.73 Å². The first-order valence-electron chi connectivity index (χ1n) is 5.42. The molecule has 1 amide bonds. The second-order valence-corrected chi connectivity index (χ2v) is 5.51. The summed E-state index contributed by atoms with van der Waals surface area (Å²) in [6.07, 6.45) is 0.345. The molecule has 1 rings (SSSR count). The molecule has 5 nitrogen and oxygen atoms in total. The van der Waals surface area contributed by atoms with Crippen LogP contribution in [0.1, 0.15) is 29.3 Å². The van der Waals surface area contributed by atoms with Crippen LogP contribution in [0.3, 0.4) is 0 Å². The molecule has 0 aromatic heterocycles. The minimum Gasteiger partial charge on any atom is -0.478 e. The fourth-order valence-corrected chi connectivity index (χ4v) is 2.86. The van der Waals surface area contributed by atoms with Gasteiger partial charge in [-0.25, -0.2) is 4.79 Å². The van der Waals surface area contributed by atoms with Gasteiger partial charge in [0.1, 0.15) is 5.25 Å². The highest BCUT2D eigenvalue weighted by molar-refractivity contribution is 7.86. The molecule has 0 heterocycles. The number of hydrogen-bond acceptors (Lipinski definition) is 3. The van der Waals surface area contributed by atoms with Crippen LogP contribution in [0.2, 0.25) is 0 Å². The predicted molar refractivity (Wildman–Crippen MR) is 67.8 cm³/mol. The van der Waals surface area contributed by atoms with Crippen LogP contribution in [-0.4, -0.2) is 26.4 Å². The average Bonchev–Trinajstić information content (AvgIpc) is 2.29. The molecule has 2 unspecified atom stereocenters. The Kier molecular flexibility index (Phi) is 4.61. The van der Waals surface area contributed by atoms with Gasteiger partial charge < -0.3 is 10.8 Å². The molecule has 1 aromatic carbocycles. The molecule has 0 saturated heterocycles. The van der Waals surface area contributed by atoms with Gasteiger partial charge in [0.05, 0.1) is 16.4 Å². The van der Waals surface area contributed by atoms with Gasteiger partial charge in [0.25, 0.3) is 0 Å². The average molecular weight is 269 g/mol. The van der Waals surface area contributed by atoms with Crippen molar-refractivity contribution < 1.29 is 18.9 Å². The van der Waals surface area contributed by atoms with E-state index in [2.05, 4.69) is 0 Å². The van der Waals surface area contributed by atoms with Crippen LogP contribution < -0.4 is 5.73 Å². The highest BCUT2D eigenvalue weighted by atomic mass is 32.2. The molecule has 0 aliphatic carbocycles. The van der Waals surface area contributed by atoms with Crippen molar-refractivity contribution in [3.63, 3.8) is 0 Å². The maximum absolute atomic E-state index is 12.1. The monoisotopic (exact) mass is 269 g/mol. The number of carbonyl (C=O) groups is 2. The van der Waals surface area contributed by atoms with Gasteiger partial charge in [0.2, 0.25) is 5.91 Å². The van der Waals surface area contributed by atoms with Gasteiger partial charge in [-0.15, -0.1) is 0 Å². The SMILES string of the molecule is CCC(C(N)=O)S(=O)c1ccc(C)c(C(=O)O)c1. The fraction of sp³-hybridized carbons (Fsp3) is 0.333. The van der Waals surface area contributed by atoms with Gasteiger partial charge in [0.15, 0.2) is 0 Å². The van der Waals surface area contributed by atoms with Crippen LogP contribution >= 0.6 is 0 Å². The molecule has 98 valence electrons. The predicted octanol–water partition coefficient (Wildman–Crippen LogP) is 1.06. The zero-order chi connectivity index (χ0) is 13.9. The van der Waals surface area contributed by atoms with Gasteiger partial charge in [0, 0.05) is 4.90 Å². The lowest BCUT2D eigenvalue weighted by molar-refractivity contribution is -0.117. The molecule has 0 aliphatic heterocycles. The summed E-state index contributed by atoms with van der Waals surface area (Å²) in [6, 6.07) is 4.47. The van der Waals surface area contributed by atoms with E-state index >= 15 is 0 Å². The van der Waals surface area contributed by atoms with Gasteiger partial charge in [-0.2, -0.15) is 0 Å². The summed E-state index contributed by atoms with van der Waals surface area (Å²) in [6.45, 7) is 3.36. The van der Waals surface area contributed by atoms with E-state index in [0.717, 1.165) is 0 Å². The fourth-order valence-electron chi connectivity index (χ4n) is 1.58. The number of rotatable bonds is 5. The first-order chi connectivity index (χ1) is 8.38. The molecule has 3 N–H and O–H groups in total. The number of primary amides is 1. The molecule has 0 aliphatic rings. The van der Waals surface area contributed by atoms with Crippen LogP contribution in [0.25, 0.3) is 0 Å². The maximum atomic E-state index is 12.1. The first kappa shape index (κ1) is 14.4. The second-order valence-electron chi connectivity index (χ2n) is 3.88. The normalized spacial score (nSPS) is 13.9. The van der Waals surface area contributed by atoms with E-state index in [9.17, 15) is 13.8 Å². The smallest absolute Gasteiger partial charge is 0.335 e. The van der Waals surface area contributed by atoms with Crippen molar-refractivity contribution in [3.8, 4) is 0 Å². The van der Waals surface area contributed by atoms with Crippen LogP contribution in [0.15, 0.2) is 23.1 Å². The van der Waals surface area contributed by atoms with E-state index in [0.29, 0.717) is 16.9 Å². The van der Waals surface area contributed by atoms with Gasteiger partial charge >= 0.3 is 5.97 Å². The number of aromatic carboxylic acids is 1. The molecule has 0 fully saturated rings. The Bertz CT molecular complexity index is 513. The molecule has 6 heteroatoms. The quantitative estimate of drug-likeness (QED) is 0.835. The number of benzene rings is 1. The Balaban J connectivity index is 3.18. The number of nitrogens with two attached hydrogens (primary N) is 1. The van der Waals surface area contributed by atoms with Crippen molar-refractivity contribution in [2.75, 3.05) is 0 Å². The molecule has 0 spiro atoms. The molecule has 0 bridgehead atoms. The summed E-state index contributed by atoms with van der Waals surface area (Å²) < 4.78 is 12.1. The standard InChI is InChI=1S/C12H15NO4S/c1-3-10(11(13)14)18(17)8-5-4-7(2)9(6-8)12(15)16/h4-6,10H,3H2,1-2H3,(H2,13,14)(H,15,16). The van der Waals surface area contributed by atoms with Crippen molar-refractivity contribution in [1.29, 1.82) is 0 Å². The van der Waals surface area contributed by atoms with E-state index in [4.69, 9.17) is 10.8 Å². The summed E-state index contributed by atoms with van der Waals surface area (Å²) in [7, 11) is -1.62. The third-order valence-electron chi connectivity index (χ3n) is 2.62. The molecule has 1 aromatic rings. The molecule has 0 saturated carbocycles. The topological polar surface area (TPSA) is 97.5 Å². The van der Waals surface area contributed by atoms with Gasteiger partial charge in [-0.05, 0) is 31.0 Å². The summed E-state index contributed by atoms with van der Waals surface area (Å²) in [5, 5.41) is 8.19. The highest BCUT2D eigenvalue weighted by Gasteiger charge is 2.23. The zero-order valence-electron chi connectivity index (χ0n) is 10.2. The van der Waals surface area contributed by atoms with Crippen LogP contribution in [0, 0.1) is 6.92 Å². The number of carboxylic acids is 1. The summed E-state index contributed by atoms with van der Waals surface area (Å²) >= 11 is 0. The van der Waals surface area contributed by atoms with Gasteiger partial charge in [-0.1, -0.05) is 13.0 Å². The third kappa shape index (κ3) is 2.95. The highest BCUT2D eigenvalue weighted by Crippen LogP contribution is 2.18. The molecule has 2 atom stereocenters. The molecule has 18 heavy (non-hydrogen) atoms. The van der Waals surface area contributed by atoms with E-state index < -0.39 is 27.9 Å². The third-order valence-corrected chi connectivity index (χ3v) is 4.42. The van der Waals surface area contributed by atoms with E-state index in [1.165, 1.54) is 6.07 Å². The molecule has 0 radical (unpaired) electrons. The Labute approximate surface area is 107 Å². The lowest BCUT2D eigenvalue weighted by Crippen LogP contribution is -2.32. The van der Waals surface area contributed by atoms with E-state index in [1.54, 1.807) is 26.0 Å². The van der Waals surface area contributed by atoms with Crippen LogP contribution in [-0.2, 0) is 15.6 Å². The summed E-state index contributed by atoms with van der Waals surface area (Å²) in [5.74, 6) is -1.73. The number of aryl methyl sites for hydroxylation is 1. The van der Waals surface area contributed by atoms with Crippen LogP contribution in [0.4, 0.5) is 0 Å². The Hall–Kier alpha value is -1.69. The lowest BCUT2D eigenvalue weighted by Gasteiger charge is -2.11. The van der Waals surface area contributed by atoms with Crippen molar-refractivity contribution in [3.05, 3.63) is 29.3 Å². The van der Waals surface area contributed by atoms with Crippen molar-refractivity contribution in [2.45, 2.75) is 30.4 Å². The largest absolute Gasteiger partial charge is 0.478 e. The number of amides is 1. The maximum Gasteiger partial charge on any atom is 0.335 e. The van der Waals surface area contributed by atoms with Crippen molar-refractivity contribution in [1.82, 2.24) is 0 Å². The summed E-state index contributed by atoms with van der Waals surface area (Å²) in [5.41, 5.74) is 5.83. The second kappa shape index (κ2) is 5.77. The Morgan fingerprint density at radius 1 is 1.44 bits per heavy atom. The zero-order valence-corrected chi connectivity index (χ0v) is 11.0. The molecular weight excluding hydrogens is 254 g/mol. The number of carboxylic acid groups (broad SMARTS) is 1. The summed E-state index contributed by atoms with van der Waals surface area (Å²) in [4.78, 5) is 22.4. The Morgan fingerprint density at radius 3 is 2.50 bits per heavy atom. The van der Waals surface area contributed by atoms with Gasteiger partial charge in [-0.3, -0.25) is 9.00 Å². The first-order valence-corrected chi connectivity index (χ1v) is 6.63. The van der Waals surface area contributed by atoms with Crippen molar-refractivity contribution >= 4 is 22.7 Å². The van der Waals surface area contributed by atoms with E-state index in [1.807, 2.05) is 0 Å². The van der Waals surface area contributed by atoms with E-state index in [-0.39, 0.29) is 5.56 Å². The van der Waals surface area contributed by atoms with Crippen LogP contribution in [0.5, 0.6) is 0 Å². The minimum absolute atomic E-state index is 0.0835. The Morgan fingerprint density at radius 2 is 2.06 bits per heavy atom. The molecular formula is C12H15NO4S.